The summed E-state index contributed by atoms with van der Waals surface area (Å²) in [6.45, 7) is 6.03. The zero-order valence-electron chi connectivity index (χ0n) is 12.3. The molecule has 0 amide bonds. The van der Waals surface area contributed by atoms with Crippen LogP contribution >= 0.6 is 11.3 Å². The Morgan fingerprint density at radius 1 is 1.24 bits per heavy atom. The molecule has 0 fully saturated rings. The molecule has 5 nitrogen and oxygen atoms in total. The second kappa shape index (κ2) is 6.44. The number of thiophene rings is 1. The lowest BCUT2D eigenvalue weighted by molar-refractivity contribution is 0.603. The van der Waals surface area contributed by atoms with Crippen LogP contribution < -0.4 is 10.0 Å². The van der Waals surface area contributed by atoms with Crippen LogP contribution in [0.1, 0.15) is 25.6 Å². The third-order valence-corrected chi connectivity index (χ3v) is 5.81. The first kappa shape index (κ1) is 15.8. The van der Waals surface area contributed by atoms with Crippen LogP contribution in [-0.2, 0) is 16.4 Å². The Bertz CT molecular complexity index is 691. The van der Waals surface area contributed by atoms with Gasteiger partial charge in [0.2, 0.25) is 0 Å². The lowest BCUT2D eigenvalue weighted by Gasteiger charge is -2.10. The van der Waals surface area contributed by atoms with Crippen molar-refractivity contribution in [3.8, 4) is 0 Å². The van der Waals surface area contributed by atoms with Gasteiger partial charge in [-0.2, -0.15) is 0 Å². The summed E-state index contributed by atoms with van der Waals surface area (Å²) in [7, 11) is -3.53. The average molecular weight is 325 g/mol. The molecule has 7 heteroatoms. The van der Waals surface area contributed by atoms with E-state index in [0.717, 1.165) is 17.1 Å². The van der Waals surface area contributed by atoms with Gasteiger partial charge in [0.05, 0.1) is 11.9 Å². The molecule has 0 spiro atoms. The van der Waals surface area contributed by atoms with Crippen LogP contribution in [-0.4, -0.2) is 19.4 Å². The Balaban J connectivity index is 2.13. The highest BCUT2D eigenvalue weighted by Crippen LogP contribution is 2.24. The maximum atomic E-state index is 12.2. The van der Waals surface area contributed by atoms with Gasteiger partial charge >= 0.3 is 0 Å². The molecule has 0 saturated heterocycles. The Morgan fingerprint density at radius 3 is 2.52 bits per heavy atom. The lowest BCUT2D eigenvalue weighted by atomic mass is 10.3. The molecule has 0 saturated carbocycles. The Kier molecular flexibility index (Phi) is 4.84. The summed E-state index contributed by atoms with van der Waals surface area (Å²) < 4.78 is 27.4. The molecule has 0 bridgehead atoms. The molecule has 21 heavy (non-hydrogen) atoms. The van der Waals surface area contributed by atoms with Gasteiger partial charge in [-0.25, -0.2) is 13.4 Å². The molecule has 2 rings (SSSR count). The predicted molar refractivity (Wildman–Crippen MR) is 87.5 cm³/mol. The highest BCUT2D eigenvalue weighted by atomic mass is 32.2. The number of anilines is 2. The molecule has 114 valence electrons. The summed E-state index contributed by atoms with van der Waals surface area (Å²) in [6, 6.07) is 7.20. The Hall–Kier alpha value is -1.60. The van der Waals surface area contributed by atoms with E-state index < -0.39 is 10.0 Å². The highest BCUT2D eigenvalue weighted by Gasteiger charge is 2.16. The lowest BCUT2D eigenvalue weighted by Crippen LogP contribution is -2.13. The summed E-state index contributed by atoms with van der Waals surface area (Å²) in [5, 5.41) is 3.15. The zero-order chi connectivity index (χ0) is 15.5. The van der Waals surface area contributed by atoms with E-state index in [1.54, 1.807) is 18.2 Å². The number of sulfonamides is 1. The van der Waals surface area contributed by atoms with Crippen molar-refractivity contribution in [1.29, 1.82) is 0 Å². The minimum atomic E-state index is -3.53. The molecule has 0 aliphatic rings. The number of aromatic nitrogens is 1. The number of nitrogens with zero attached hydrogens (tertiary/aromatic N) is 1. The predicted octanol–water partition coefficient (Wildman–Crippen LogP) is 3.33. The van der Waals surface area contributed by atoms with Crippen LogP contribution in [0, 0.1) is 0 Å². The van der Waals surface area contributed by atoms with Gasteiger partial charge in [0.1, 0.15) is 10.0 Å². The smallest absolute Gasteiger partial charge is 0.271 e. The van der Waals surface area contributed by atoms with Crippen LogP contribution in [0.25, 0.3) is 0 Å². The monoisotopic (exact) mass is 325 g/mol. The molecular formula is C14H19N3O2S2. The minimum Gasteiger partial charge on any atom is -0.368 e. The maximum absolute atomic E-state index is 12.2. The average Bonchev–Trinajstić information content (AvgIpc) is 2.90. The van der Waals surface area contributed by atoms with Gasteiger partial charge in [0.15, 0.2) is 0 Å². The maximum Gasteiger partial charge on any atom is 0.271 e. The standard InChI is InChI=1S/C14H19N3O2S2/c1-4-12-6-8-14(20-12)21(18,19)17-11-5-7-13(15-9-11)16-10(2)3/h5-10,17H,4H2,1-3H3,(H,15,16). The van der Waals surface area contributed by atoms with E-state index in [4.69, 9.17) is 0 Å². The molecule has 2 aromatic rings. The van der Waals surface area contributed by atoms with Crippen molar-refractivity contribution in [1.82, 2.24) is 4.98 Å². The number of pyridine rings is 1. The first-order valence-corrected chi connectivity index (χ1v) is 9.05. The van der Waals surface area contributed by atoms with Gasteiger partial charge in [-0.05, 0) is 44.5 Å². The van der Waals surface area contributed by atoms with Gasteiger partial charge in [0, 0.05) is 10.9 Å². The summed E-state index contributed by atoms with van der Waals surface area (Å²) in [5.41, 5.74) is 0.454. The summed E-state index contributed by atoms with van der Waals surface area (Å²) in [4.78, 5) is 5.23. The van der Waals surface area contributed by atoms with Gasteiger partial charge in [0.25, 0.3) is 10.0 Å². The topological polar surface area (TPSA) is 71.1 Å². The van der Waals surface area contributed by atoms with E-state index in [-0.39, 0.29) is 6.04 Å². The summed E-state index contributed by atoms with van der Waals surface area (Å²) >= 11 is 1.29. The largest absolute Gasteiger partial charge is 0.368 e. The Labute approximate surface area is 129 Å². The van der Waals surface area contributed by atoms with Crippen molar-refractivity contribution >= 4 is 32.9 Å². The third-order valence-electron chi connectivity index (χ3n) is 2.70. The Morgan fingerprint density at radius 2 is 2.00 bits per heavy atom. The fourth-order valence-corrected chi connectivity index (χ4v) is 4.07. The molecule has 0 aliphatic heterocycles. The van der Waals surface area contributed by atoms with Gasteiger partial charge in [-0.3, -0.25) is 4.72 Å². The third kappa shape index (κ3) is 4.18. The van der Waals surface area contributed by atoms with Crippen molar-refractivity contribution in [2.24, 2.45) is 0 Å². The van der Waals surface area contributed by atoms with Crippen molar-refractivity contribution in [3.05, 3.63) is 35.3 Å². The van der Waals surface area contributed by atoms with E-state index in [9.17, 15) is 8.42 Å². The number of aryl methyl sites for hydroxylation is 1. The first-order valence-electron chi connectivity index (χ1n) is 6.75. The van der Waals surface area contributed by atoms with Crippen LogP contribution in [0.3, 0.4) is 0 Å². The fourth-order valence-electron chi connectivity index (χ4n) is 1.73. The van der Waals surface area contributed by atoms with Crippen molar-refractivity contribution < 1.29 is 8.42 Å². The summed E-state index contributed by atoms with van der Waals surface area (Å²) in [5.74, 6) is 0.720. The highest BCUT2D eigenvalue weighted by molar-refractivity contribution is 7.94. The number of nitrogens with one attached hydrogen (secondary N) is 2. The fraction of sp³-hybridized carbons (Fsp3) is 0.357. The normalized spacial score (nSPS) is 11.6. The van der Waals surface area contributed by atoms with Crippen LogP contribution in [0.2, 0.25) is 0 Å². The molecule has 0 aliphatic carbocycles. The molecule has 0 unspecified atom stereocenters. The molecule has 0 radical (unpaired) electrons. The van der Waals surface area contributed by atoms with Crippen molar-refractivity contribution in [2.75, 3.05) is 10.0 Å². The van der Waals surface area contributed by atoms with E-state index in [2.05, 4.69) is 15.0 Å². The second-order valence-corrected chi connectivity index (χ2v) is 7.99. The number of rotatable bonds is 6. The molecule has 0 aromatic carbocycles. The van der Waals surface area contributed by atoms with Gasteiger partial charge in [-0.1, -0.05) is 6.92 Å². The van der Waals surface area contributed by atoms with Gasteiger partial charge in [-0.15, -0.1) is 11.3 Å². The minimum absolute atomic E-state index is 0.277. The zero-order valence-corrected chi connectivity index (χ0v) is 13.9. The number of hydrogen-bond acceptors (Lipinski definition) is 5. The molecule has 2 heterocycles. The van der Waals surface area contributed by atoms with Gasteiger partial charge < -0.3 is 5.32 Å². The molecule has 2 aromatic heterocycles. The van der Waals surface area contributed by atoms with E-state index >= 15 is 0 Å². The van der Waals surface area contributed by atoms with E-state index in [0.29, 0.717) is 9.90 Å². The molecular weight excluding hydrogens is 306 g/mol. The van der Waals surface area contributed by atoms with Crippen LogP contribution in [0.15, 0.2) is 34.7 Å². The van der Waals surface area contributed by atoms with Crippen LogP contribution in [0.5, 0.6) is 0 Å². The number of hydrogen-bond donors (Lipinski definition) is 2. The van der Waals surface area contributed by atoms with Crippen molar-refractivity contribution in [3.63, 3.8) is 0 Å². The summed E-state index contributed by atoms with van der Waals surface area (Å²) in [6.07, 6.45) is 2.34. The van der Waals surface area contributed by atoms with E-state index in [1.165, 1.54) is 17.5 Å². The van der Waals surface area contributed by atoms with Crippen molar-refractivity contribution in [2.45, 2.75) is 37.4 Å². The molecule has 2 N–H and O–H groups in total. The first-order chi connectivity index (χ1) is 9.90. The molecule has 0 atom stereocenters. The second-order valence-electron chi connectivity index (χ2n) is 4.91. The van der Waals surface area contributed by atoms with E-state index in [1.807, 2.05) is 26.8 Å². The SMILES string of the molecule is CCc1ccc(S(=O)(=O)Nc2ccc(NC(C)C)nc2)s1. The van der Waals surface area contributed by atoms with Crippen LogP contribution in [0.4, 0.5) is 11.5 Å². The quantitative estimate of drug-likeness (QED) is 0.854.